The first kappa shape index (κ1) is 17.9. The molecule has 1 rings (SSSR count). The number of hydrogen-bond acceptors (Lipinski definition) is 5. The number of pyridine rings is 1. The van der Waals surface area contributed by atoms with Gasteiger partial charge in [0.2, 0.25) is 15.9 Å². The number of nitrogen functional groups attached to an aromatic ring is 1. The normalized spacial score (nSPS) is 11.6. The molecule has 9 heteroatoms. The summed E-state index contributed by atoms with van der Waals surface area (Å²) in [7, 11) is -3.79. The Morgan fingerprint density at radius 1 is 1.48 bits per heavy atom. The highest BCUT2D eigenvalue weighted by Crippen LogP contribution is 2.20. The van der Waals surface area contributed by atoms with E-state index in [-0.39, 0.29) is 29.6 Å². The molecule has 1 heterocycles. The third kappa shape index (κ3) is 5.98. The van der Waals surface area contributed by atoms with Gasteiger partial charge in [-0.25, -0.2) is 18.1 Å². The van der Waals surface area contributed by atoms with Gasteiger partial charge in [0, 0.05) is 30.2 Å². The molecule has 0 unspecified atom stereocenters. The van der Waals surface area contributed by atoms with Crippen LogP contribution in [0.4, 0.5) is 5.82 Å². The molecular formula is C12H19BrN4O3S. The van der Waals surface area contributed by atoms with Crippen molar-refractivity contribution in [2.75, 3.05) is 18.8 Å². The fraction of sp³-hybridized carbons (Fsp3) is 0.500. The predicted molar refractivity (Wildman–Crippen MR) is 84.0 cm³/mol. The summed E-state index contributed by atoms with van der Waals surface area (Å²) >= 11 is 3.14. The number of anilines is 1. The second kappa shape index (κ2) is 7.71. The Hall–Kier alpha value is -1.19. The van der Waals surface area contributed by atoms with Crippen molar-refractivity contribution in [3.8, 4) is 0 Å². The van der Waals surface area contributed by atoms with Crippen LogP contribution in [0.2, 0.25) is 0 Å². The number of aromatic nitrogens is 1. The Labute approximate surface area is 132 Å². The molecule has 0 saturated carbocycles. The molecule has 0 aromatic carbocycles. The zero-order valence-electron chi connectivity index (χ0n) is 11.9. The van der Waals surface area contributed by atoms with Crippen LogP contribution in [0.1, 0.15) is 20.3 Å². The van der Waals surface area contributed by atoms with Gasteiger partial charge in [-0.1, -0.05) is 13.8 Å². The number of hydrogen-bond donors (Lipinski definition) is 3. The molecule has 0 saturated heterocycles. The van der Waals surface area contributed by atoms with Crippen LogP contribution in [0.5, 0.6) is 0 Å². The average Bonchev–Trinajstić information content (AvgIpc) is 2.39. The molecule has 0 atom stereocenters. The Bertz CT molecular complexity index is 605. The topological polar surface area (TPSA) is 114 Å². The number of carbonyl (C=O) groups is 1. The summed E-state index contributed by atoms with van der Waals surface area (Å²) in [6, 6.07) is 1.36. The van der Waals surface area contributed by atoms with E-state index < -0.39 is 10.0 Å². The van der Waals surface area contributed by atoms with E-state index in [4.69, 9.17) is 5.73 Å². The summed E-state index contributed by atoms with van der Waals surface area (Å²) in [6.07, 6.45) is 1.47. The van der Waals surface area contributed by atoms with Gasteiger partial charge in [-0.15, -0.1) is 0 Å². The monoisotopic (exact) mass is 378 g/mol. The van der Waals surface area contributed by atoms with Crippen LogP contribution in [-0.4, -0.2) is 32.4 Å². The molecule has 1 aromatic heterocycles. The van der Waals surface area contributed by atoms with Crippen molar-refractivity contribution in [2.45, 2.75) is 25.2 Å². The van der Waals surface area contributed by atoms with Gasteiger partial charge < -0.3 is 11.1 Å². The van der Waals surface area contributed by atoms with Crippen molar-refractivity contribution in [3.63, 3.8) is 0 Å². The highest BCUT2D eigenvalue weighted by atomic mass is 79.9. The lowest BCUT2D eigenvalue weighted by Gasteiger charge is -2.10. The molecule has 21 heavy (non-hydrogen) atoms. The molecule has 0 fully saturated rings. The van der Waals surface area contributed by atoms with E-state index >= 15 is 0 Å². The molecule has 0 aliphatic rings. The number of amides is 1. The number of nitrogens with one attached hydrogen (secondary N) is 2. The van der Waals surface area contributed by atoms with E-state index in [2.05, 4.69) is 31.0 Å². The van der Waals surface area contributed by atoms with Crippen molar-refractivity contribution in [1.29, 1.82) is 0 Å². The summed E-state index contributed by atoms with van der Waals surface area (Å²) < 4.78 is 27.0. The molecule has 118 valence electrons. The minimum atomic E-state index is -3.79. The number of sulfonamides is 1. The van der Waals surface area contributed by atoms with Gasteiger partial charge in [-0.05, 0) is 27.9 Å². The van der Waals surface area contributed by atoms with Crippen LogP contribution in [0.3, 0.4) is 0 Å². The average molecular weight is 379 g/mol. The minimum Gasteiger partial charge on any atom is -0.383 e. The molecule has 0 spiro atoms. The Kier molecular flexibility index (Phi) is 6.56. The van der Waals surface area contributed by atoms with Gasteiger partial charge in [0.1, 0.15) is 10.7 Å². The maximum absolute atomic E-state index is 12.1. The molecule has 0 aliphatic carbocycles. The standard InChI is InChI=1S/C12H19BrN4O3S/c1-8(2)6-15-11(18)3-4-17-21(19,20)10-5-9(13)7-16-12(10)14/h5,7-8,17H,3-4,6H2,1-2H3,(H2,14,16)(H,15,18). The first-order valence-electron chi connectivity index (χ1n) is 6.39. The highest BCUT2D eigenvalue weighted by Gasteiger charge is 2.18. The summed E-state index contributed by atoms with van der Waals surface area (Å²) in [6.45, 7) is 4.52. The van der Waals surface area contributed by atoms with Gasteiger partial charge in [-0.3, -0.25) is 4.79 Å². The largest absolute Gasteiger partial charge is 0.383 e. The number of rotatable bonds is 7. The van der Waals surface area contributed by atoms with Crippen LogP contribution in [-0.2, 0) is 14.8 Å². The van der Waals surface area contributed by atoms with Gasteiger partial charge in [0.05, 0.1) is 0 Å². The lowest BCUT2D eigenvalue weighted by molar-refractivity contribution is -0.121. The summed E-state index contributed by atoms with van der Waals surface area (Å²) in [5.41, 5.74) is 5.56. The number of nitrogens with zero attached hydrogens (tertiary/aromatic N) is 1. The van der Waals surface area contributed by atoms with Gasteiger partial charge in [0.25, 0.3) is 0 Å². The van der Waals surface area contributed by atoms with Crippen LogP contribution in [0, 0.1) is 5.92 Å². The molecule has 0 bridgehead atoms. The Balaban J connectivity index is 2.58. The van der Waals surface area contributed by atoms with Crippen molar-refractivity contribution in [3.05, 3.63) is 16.7 Å². The van der Waals surface area contributed by atoms with Crippen LogP contribution < -0.4 is 15.8 Å². The SMILES string of the molecule is CC(C)CNC(=O)CCNS(=O)(=O)c1cc(Br)cnc1N. The van der Waals surface area contributed by atoms with E-state index in [0.717, 1.165) is 0 Å². The van der Waals surface area contributed by atoms with Crippen molar-refractivity contribution in [1.82, 2.24) is 15.0 Å². The fourth-order valence-electron chi connectivity index (χ4n) is 1.43. The van der Waals surface area contributed by atoms with Crippen LogP contribution >= 0.6 is 15.9 Å². The van der Waals surface area contributed by atoms with Gasteiger partial charge in [-0.2, -0.15) is 0 Å². The predicted octanol–water partition coefficient (Wildman–Crippen LogP) is 0.867. The lowest BCUT2D eigenvalue weighted by atomic mass is 10.2. The maximum atomic E-state index is 12.1. The molecule has 4 N–H and O–H groups in total. The molecule has 0 radical (unpaired) electrons. The quantitative estimate of drug-likeness (QED) is 0.650. The van der Waals surface area contributed by atoms with E-state index in [1.54, 1.807) is 0 Å². The zero-order valence-corrected chi connectivity index (χ0v) is 14.3. The molecular weight excluding hydrogens is 360 g/mol. The molecule has 1 aromatic rings. The second-order valence-corrected chi connectivity index (χ2v) is 7.53. The van der Waals surface area contributed by atoms with Crippen molar-refractivity contribution < 1.29 is 13.2 Å². The lowest BCUT2D eigenvalue weighted by Crippen LogP contribution is -2.32. The number of carbonyl (C=O) groups excluding carboxylic acids is 1. The number of halogens is 1. The third-order valence-corrected chi connectivity index (χ3v) is 4.41. The van der Waals surface area contributed by atoms with Crippen LogP contribution in [0.15, 0.2) is 21.6 Å². The second-order valence-electron chi connectivity index (χ2n) is 4.88. The molecule has 7 nitrogen and oxygen atoms in total. The summed E-state index contributed by atoms with van der Waals surface area (Å²) in [4.78, 5) is 15.2. The van der Waals surface area contributed by atoms with Crippen molar-refractivity contribution in [2.24, 2.45) is 5.92 Å². The molecule has 1 amide bonds. The summed E-state index contributed by atoms with van der Waals surface area (Å²) in [5, 5.41) is 2.71. The summed E-state index contributed by atoms with van der Waals surface area (Å²) in [5.74, 6) is 0.0554. The van der Waals surface area contributed by atoms with E-state index in [0.29, 0.717) is 16.9 Å². The van der Waals surface area contributed by atoms with E-state index in [1.807, 2.05) is 13.8 Å². The van der Waals surface area contributed by atoms with Gasteiger partial charge in [0.15, 0.2) is 0 Å². The minimum absolute atomic E-state index is 0.00177. The first-order valence-corrected chi connectivity index (χ1v) is 8.67. The third-order valence-electron chi connectivity index (χ3n) is 2.49. The maximum Gasteiger partial charge on any atom is 0.244 e. The smallest absolute Gasteiger partial charge is 0.244 e. The first-order chi connectivity index (χ1) is 9.72. The van der Waals surface area contributed by atoms with E-state index in [1.165, 1.54) is 12.3 Å². The Morgan fingerprint density at radius 2 is 2.14 bits per heavy atom. The zero-order chi connectivity index (χ0) is 16.0. The van der Waals surface area contributed by atoms with Gasteiger partial charge >= 0.3 is 0 Å². The number of nitrogens with two attached hydrogens (primary N) is 1. The van der Waals surface area contributed by atoms with Crippen molar-refractivity contribution >= 4 is 37.7 Å². The van der Waals surface area contributed by atoms with E-state index in [9.17, 15) is 13.2 Å². The van der Waals surface area contributed by atoms with Crippen LogP contribution in [0.25, 0.3) is 0 Å². The molecule has 0 aliphatic heterocycles. The highest BCUT2D eigenvalue weighted by molar-refractivity contribution is 9.10. The Morgan fingerprint density at radius 3 is 2.76 bits per heavy atom. The fourth-order valence-corrected chi connectivity index (χ4v) is 3.05.